The van der Waals surface area contributed by atoms with Gasteiger partial charge in [-0.2, -0.15) is 0 Å². The van der Waals surface area contributed by atoms with Gasteiger partial charge in [0, 0.05) is 17.8 Å². The van der Waals surface area contributed by atoms with Crippen LogP contribution >= 0.6 is 0 Å². The molecule has 0 amide bonds. The van der Waals surface area contributed by atoms with E-state index in [0.29, 0.717) is 11.5 Å². The van der Waals surface area contributed by atoms with Crippen LogP contribution in [0.2, 0.25) is 0 Å². The maximum absolute atomic E-state index is 5.24. The van der Waals surface area contributed by atoms with Crippen molar-refractivity contribution >= 4 is 0 Å². The van der Waals surface area contributed by atoms with Crippen LogP contribution in [0.25, 0.3) is 11.3 Å². The number of aromatic nitrogens is 1. The predicted octanol–water partition coefficient (Wildman–Crippen LogP) is 2.57. The molecule has 0 aliphatic rings. The molecule has 0 bridgehead atoms. The minimum absolute atomic E-state index is 0.703. The Morgan fingerprint density at radius 2 is 1.88 bits per heavy atom. The van der Waals surface area contributed by atoms with E-state index in [1.165, 1.54) is 0 Å². The lowest BCUT2D eigenvalue weighted by atomic mass is 10.1. The molecule has 0 unspecified atom stereocenters. The molecule has 0 N–H and O–H groups in total. The monoisotopic (exact) mass is 214 g/mol. The third-order valence-corrected chi connectivity index (χ3v) is 2.29. The highest BCUT2D eigenvalue weighted by Crippen LogP contribution is 2.31. The summed E-state index contributed by atoms with van der Waals surface area (Å²) >= 11 is 0. The minimum Gasteiger partial charge on any atom is -0.493 e. The predicted molar refractivity (Wildman–Crippen MR) is 61.6 cm³/mol. The Hall–Kier alpha value is -2.03. The van der Waals surface area contributed by atoms with Gasteiger partial charge in [-0.05, 0) is 24.3 Å². The first-order chi connectivity index (χ1) is 7.85. The van der Waals surface area contributed by atoms with Gasteiger partial charge in [-0.3, -0.25) is 4.98 Å². The van der Waals surface area contributed by atoms with Crippen LogP contribution in [0.4, 0.5) is 0 Å². The van der Waals surface area contributed by atoms with E-state index in [2.05, 4.69) is 11.1 Å². The zero-order valence-corrected chi connectivity index (χ0v) is 9.23. The van der Waals surface area contributed by atoms with Gasteiger partial charge in [0.15, 0.2) is 11.5 Å². The first-order valence-electron chi connectivity index (χ1n) is 4.89. The van der Waals surface area contributed by atoms with E-state index in [1.807, 2.05) is 30.3 Å². The molecule has 0 saturated carbocycles. The van der Waals surface area contributed by atoms with Crippen molar-refractivity contribution in [3.05, 3.63) is 42.6 Å². The summed E-state index contributed by atoms with van der Waals surface area (Å²) in [5.41, 5.74) is 1.88. The number of ether oxygens (including phenoxy) is 2. The fourth-order valence-corrected chi connectivity index (χ4v) is 1.49. The number of methoxy groups -OCH3 is 2. The van der Waals surface area contributed by atoms with E-state index in [0.717, 1.165) is 11.3 Å². The van der Waals surface area contributed by atoms with Gasteiger partial charge in [-0.25, -0.2) is 0 Å². The Kier molecular flexibility index (Phi) is 3.05. The van der Waals surface area contributed by atoms with Crippen LogP contribution in [0.15, 0.2) is 36.5 Å². The van der Waals surface area contributed by atoms with Crippen LogP contribution in [-0.4, -0.2) is 19.2 Å². The summed E-state index contributed by atoms with van der Waals surface area (Å²) in [6.07, 6.45) is 1.64. The third kappa shape index (κ3) is 1.98. The molecule has 2 aromatic rings. The molecule has 0 aliphatic heterocycles. The maximum Gasteiger partial charge on any atom is 0.161 e. The minimum atomic E-state index is 0.703. The fourth-order valence-electron chi connectivity index (χ4n) is 1.49. The molecular formula is C13H12NO2. The van der Waals surface area contributed by atoms with E-state index in [-0.39, 0.29) is 0 Å². The number of hydrogen-bond acceptors (Lipinski definition) is 3. The lowest BCUT2D eigenvalue weighted by Gasteiger charge is -2.08. The van der Waals surface area contributed by atoms with Crippen molar-refractivity contribution in [2.24, 2.45) is 0 Å². The Morgan fingerprint density at radius 3 is 2.50 bits per heavy atom. The summed E-state index contributed by atoms with van der Waals surface area (Å²) in [6.45, 7) is 0. The zero-order valence-electron chi connectivity index (χ0n) is 9.23. The average molecular weight is 214 g/mol. The molecule has 81 valence electrons. The van der Waals surface area contributed by atoms with E-state index in [1.54, 1.807) is 20.4 Å². The molecule has 3 heteroatoms. The Morgan fingerprint density at radius 1 is 1.06 bits per heavy atom. The highest BCUT2D eigenvalue weighted by molar-refractivity contribution is 5.63. The molecule has 1 heterocycles. The van der Waals surface area contributed by atoms with Crippen molar-refractivity contribution in [1.82, 2.24) is 4.98 Å². The van der Waals surface area contributed by atoms with Gasteiger partial charge in [0.05, 0.1) is 19.9 Å². The molecule has 16 heavy (non-hydrogen) atoms. The molecule has 0 aliphatic carbocycles. The Balaban J connectivity index is 2.44. The molecule has 1 aromatic heterocycles. The van der Waals surface area contributed by atoms with Gasteiger partial charge >= 0.3 is 0 Å². The van der Waals surface area contributed by atoms with Gasteiger partial charge in [0.25, 0.3) is 0 Å². The van der Waals surface area contributed by atoms with Crippen molar-refractivity contribution in [3.8, 4) is 22.8 Å². The van der Waals surface area contributed by atoms with Crippen LogP contribution in [0, 0.1) is 6.07 Å². The zero-order chi connectivity index (χ0) is 11.4. The molecule has 2 rings (SSSR count). The summed E-state index contributed by atoms with van der Waals surface area (Å²) < 4.78 is 10.4. The van der Waals surface area contributed by atoms with Gasteiger partial charge in [-0.1, -0.05) is 6.07 Å². The van der Waals surface area contributed by atoms with E-state index < -0.39 is 0 Å². The van der Waals surface area contributed by atoms with Crippen LogP contribution < -0.4 is 9.47 Å². The molecule has 0 spiro atoms. The molecule has 0 atom stereocenters. The molecule has 0 fully saturated rings. The first kappa shape index (κ1) is 10.5. The lowest BCUT2D eigenvalue weighted by Crippen LogP contribution is -1.91. The lowest BCUT2D eigenvalue weighted by molar-refractivity contribution is 0.355. The van der Waals surface area contributed by atoms with Crippen molar-refractivity contribution in [2.45, 2.75) is 0 Å². The standard InChI is InChI=1S/C13H12NO2/c1-15-12-7-6-10(9-13(12)16-2)11-5-3-4-8-14-11/h3,5-9H,1-2H3. The summed E-state index contributed by atoms with van der Waals surface area (Å²) in [5.74, 6) is 1.42. The highest BCUT2D eigenvalue weighted by Gasteiger charge is 2.06. The second-order valence-electron chi connectivity index (χ2n) is 3.21. The van der Waals surface area contributed by atoms with Crippen molar-refractivity contribution in [1.29, 1.82) is 0 Å². The highest BCUT2D eigenvalue weighted by atomic mass is 16.5. The topological polar surface area (TPSA) is 31.4 Å². The summed E-state index contributed by atoms with van der Waals surface area (Å²) in [5, 5.41) is 0. The largest absolute Gasteiger partial charge is 0.493 e. The maximum atomic E-state index is 5.24. The van der Waals surface area contributed by atoms with Crippen LogP contribution in [-0.2, 0) is 0 Å². The van der Waals surface area contributed by atoms with Crippen molar-refractivity contribution < 1.29 is 9.47 Å². The number of pyridine rings is 1. The van der Waals surface area contributed by atoms with Crippen LogP contribution in [0.5, 0.6) is 11.5 Å². The molecule has 1 aromatic carbocycles. The van der Waals surface area contributed by atoms with Crippen LogP contribution in [0.1, 0.15) is 0 Å². The van der Waals surface area contributed by atoms with Gasteiger partial charge < -0.3 is 9.47 Å². The quantitative estimate of drug-likeness (QED) is 0.786. The van der Waals surface area contributed by atoms with Crippen molar-refractivity contribution in [3.63, 3.8) is 0 Å². The average Bonchev–Trinajstić information content (AvgIpc) is 2.39. The normalized spacial score (nSPS) is 9.88. The molecule has 1 radical (unpaired) electrons. The van der Waals surface area contributed by atoms with E-state index >= 15 is 0 Å². The summed E-state index contributed by atoms with van der Waals surface area (Å²) in [7, 11) is 3.24. The van der Waals surface area contributed by atoms with Gasteiger partial charge in [0.2, 0.25) is 0 Å². The first-order valence-corrected chi connectivity index (χ1v) is 4.89. The third-order valence-electron chi connectivity index (χ3n) is 2.29. The van der Waals surface area contributed by atoms with Gasteiger partial charge in [-0.15, -0.1) is 0 Å². The SMILES string of the molecule is COc1ccc(-c2cc[c]cn2)cc1OC. The summed E-state index contributed by atoms with van der Waals surface area (Å²) in [6, 6.07) is 12.3. The van der Waals surface area contributed by atoms with Gasteiger partial charge in [0.1, 0.15) is 0 Å². The molecular weight excluding hydrogens is 202 g/mol. The summed E-state index contributed by atoms with van der Waals surface area (Å²) in [4.78, 5) is 4.23. The smallest absolute Gasteiger partial charge is 0.161 e. The number of nitrogens with zero attached hydrogens (tertiary/aromatic N) is 1. The second-order valence-corrected chi connectivity index (χ2v) is 3.21. The van der Waals surface area contributed by atoms with E-state index in [9.17, 15) is 0 Å². The number of benzene rings is 1. The van der Waals surface area contributed by atoms with E-state index in [4.69, 9.17) is 9.47 Å². The Labute approximate surface area is 94.7 Å². The second kappa shape index (κ2) is 4.66. The number of rotatable bonds is 3. The van der Waals surface area contributed by atoms with Crippen LogP contribution in [0.3, 0.4) is 0 Å². The molecule has 3 nitrogen and oxygen atoms in total. The Bertz CT molecular complexity index is 469. The van der Waals surface area contributed by atoms with Crippen molar-refractivity contribution in [2.75, 3.05) is 14.2 Å². The molecule has 0 saturated heterocycles. The number of hydrogen-bond donors (Lipinski definition) is 0. The fraction of sp³-hybridized carbons (Fsp3) is 0.154.